The second-order valence-corrected chi connectivity index (χ2v) is 31.1. The van der Waals surface area contributed by atoms with Gasteiger partial charge in [0.2, 0.25) is 0 Å². The molecule has 6 aromatic carbocycles. The first kappa shape index (κ1) is 49.8. The molecule has 2 aliphatic heterocycles. The van der Waals surface area contributed by atoms with Gasteiger partial charge in [-0.05, 0) is 229 Å². The minimum Gasteiger partial charge on any atom is -0.311 e. The van der Waals surface area contributed by atoms with E-state index in [-0.39, 0.29) is 44.6 Å². The van der Waals surface area contributed by atoms with Gasteiger partial charge in [-0.25, -0.2) is 0 Å². The van der Waals surface area contributed by atoms with E-state index in [9.17, 15) is 0 Å². The smallest absolute Gasteiger partial charge is 0.254 e. The van der Waals surface area contributed by atoms with Gasteiger partial charge in [0, 0.05) is 48.9 Å². The quantitative estimate of drug-likeness (QED) is 0.163. The van der Waals surface area contributed by atoms with Crippen LogP contribution in [-0.4, -0.2) is 6.71 Å². The molecule has 13 rings (SSSR count). The van der Waals surface area contributed by atoms with E-state index in [4.69, 9.17) is 0 Å². The molecule has 0 atom stereocenters. The van der Waals surface area contributed by atoms with Crippen LogP contribution in [0.4, 0.5) is 34.1 Å². The highest BCUT2D eigenvalue weighted by atomic mass is 32.1. The Kier molecular flexibility index (Phi) is 10.7. The monoisotopic (exact) mass is 1010 g/mol. The summed E-state index contributed by atoms with van der Waals surface area (Å²) in [6, 6.07) is 36.5. The number of anilines is 6. The molecule has 0 N–H and O–H groups in total. The van der Waals surface area contributed by atoms with Gasteiger partial charge >= 0.3 is 0 Å². The van der Waals surface area contributed by atoms with Crippen molar-refractivity contribution in [1.82, 2.24) is 0 Å². The van der Waals surface area contributed by atoms with E-state index in [0.717, 1.165) is 0 Å². The number of aryl methyl sites for hydroxylation is 1. The third kappa shape index (κ3) is 7.42. The second-order valence-electron chi connectivity index (χ2n) is 30.0. The molecule has 2 nitrogen and oxygen atoms in total. The Bertz CT molecular complexity index is 3560. The highest BCUT2D eigenvalue weighted by Crippen LogP contribution is 2.56. The fourth-order valence-corrected chi connectivity index (χ4v) is 17.0. The van der Waals surface area contributed by atoms with E-state index in [1.807, 2.05) is 11.3 Å². The van der Waals surface area contributed by atoms with Gasteiger partial charge in [0.15, 0.2) is 0 Å². The Hall–Kier alpha value is -4.80. The first-order valence-corrected chi connectivity index (χ1v) is 30.3. The predicted molar refractivity (Wildman–Crippen MR) is 328 cm³/mol. The standard InChI is InChI=1S/C71H85BN2S/c1-42-34-50-53(70(13,14)32-30-67(50,7)8)40-57(42)74-56-26-24-47-48-37-45(65(2,3)4)22-27-61(48)75-64(47)63(56)72-55-39-52-54(71(15,16)33-31-69(52,11)12)41-58(55)73(46-23-25-49-51(38-46)68(9,10)29-28-66(49,5)6)59-35-44(36-60(74)62(59)72)43-20-18-17-19-21-43/h22-27,34-41,43H,17-21,28-33H2,1-16H3. The lowest BCUT2D eigenvalue weighted by atomic mass is 9.33. The third-order valence-corrected chi connectivity index (χ3v) is 22.3. The third-order valence-electron chi connectivity index (χ3n) is 21.1. The molecule has 0 amide bonds. The lowest BCUT2D eigenvalue weighted by Crippen LogP contribution is -2.62. The number of thiophene rings is 1. The van der Waals surface area contributed by atoms with Crippen LogP contribution in [0.5, 0.6) is 0 Å². The summed E-state index contributed by atoms with van der Waals surface area (Å²) in [5, 5.41) is 2.80. The number of rotatable bonds is 3. The van der Waals surface area contributed by atoms with E-state index in [1.165, 1.54) is 186 Å². The molecule has 3 heterocycles. The molecule has 0 saturated heterocycles. The zero-order valence-corrected chi connectivity index (χ0v) is 49.6. The number of hydrogen-bond donors (Lipinski definition) is 0. The fourth-order valence-electron chi connectivity index (χ4n) is 15.7. The number of hydrogen-bond acceptors (Lipinski definition) is 3. The molecule has 0 bridgehead atoms. The van der Waals surface area contributed by atoms with Gasteiger partial charge in [0.1, 0.15) is 0 Å². The van der Waals surface area contributed by atoms with Gasteiger partial charge in [-0.15, -0.1) is 11.3 Å². The van der Waals surface area contributed by atoms with Gasteiger partial charge in [-0.3, -0.25) is 0 Å². The lowest BCUT2D eigenvalue weighted by Gasteiger charge is -2.48. The molecule has 1 fully saturated rings. The minimum absolute atomic E-state index is 0.0409. The van der Waals surface area contributed by atoms with Gasteiger partial charge in [-0.1, -0.05) is 153 Å². The maximum absolute atomic E-state index is 2.82. The summed E-state index contributed by atoms with van der Waals surface area (Å²) < 4.78 is 2.83. The largest absolute Gasteiger partial charge is 0.311 e. The summed E-state index contributed by atoms with van der Waals surface area (Å²) in [6.07, 6.45) is 13.7. The van der Waals surface area contributed by atoms with E-state index in [0.29, 0.717) is 5.92 Å². The average Bonchev–Trinajstić information content (AvgIpc) is 3.79. The van der Waals surface area contributed by atoms with Crippen LogP contribution in [0.1, 0.15) is 230 Å². The first-order valence-electron chi connectivity index (χ1n) is 29.4. The van der Waals surface area contributed by atoms with Crippen molar-refractivity contribution in [3.8, 4) is 0 Å². The van der Waals surface area contributed by atoms with E-state index >= 15 is 0 Å². The molecule has 1 aromatic heterocycles. The molecule has 4 aliphatic carbocycles. The van der Waals surface area contributed by atoms with E-state index < -0.39 is 0 Å². The molecular weight excluding hydrogens is 924 g/mol. The number of nitrogens with zero attached hydrogens (tertiary/aromatic N) is 2. The van der Waals surface area contributed by atoms with Crippen LogP contribution in [0, 0.1) is 6.92 Å². The Morgan fingerprint density at radius 1 is 0.467 bits per heavy atom. The Morgan fingerprint density at radius 2 is 1.00 bits per heavy atom. The predicted octanol–water partition coefficient (Wildman–Crippen LogP) is 18.8. The maximum Gasteiger partial charge on any atom is 0.254 e. The highest BCUT2D eigenvalue weighted by molar-refractivity contribution is 7.28. The molecular formula is C71H85BN2S. The van der Waals surface area contributed by atoms with Crippen LogP contribution in [0.3, 0.4) is 0 Å². The minimum atomic E-state index is 0.0409. The SMILES string of the molecule is Cc1cc2c(cc1N1c3cc(C4CCCCC4)cc4c3B(c3cc5c(cc3N4c3ccc4c(c3)C(C)(C)CCC4(C)C)C(C)(C)CCC5(C)C)c3c1ccc1c3sc3ccc(C(C)(C)C)cc31)C(C)(C)CCC2(C)C. The Morgan fingerprint density at radius 3 is 1.60 bits per heavy atom. The summed E-state index contributed by atoms with van der Waals surface area (Å²) in [5.74, 6) is 0.531. The van der Waals surface area contributed by atoms with Crippen LogP contribution in [0.25, 0.3) is 20.2 Å². The van der Waals surface area contributed by atoms with Crippen LogP contribution in [0.2, 0.25) is 0 Å². The highest BCUT2D eigenvalue weighted by Gasteiger charge is 2.49. The van der Waals surface area contributed by atoms with E-state index in [1.54, 1.807) is 5.56 Å². The van der Waals surface area contributed by atoms with E-state index in [2.05, 4.69) is 206 Å². The van der Waals surface area contributed by atoms with Crippen molar-refractivity contribution in [2.45, 2.75) is 225 Å². The summed E-state index contributed by atoms with van der Waals surface area (Å²) in [6.45, 7) is 39.7. The molecule has 0 radical (unpaired) electrons. The maximum atomic E-state index is 2.82. The van der Waals surface area contributed by atoms with Crippen LogP contribution in [0.15, 0.2) is 84.9 Å². The van der Waals surface area contributed by atoms with Gasteiger partial charge in [0.25, 0.3) is 6.71 Å². The Balaban J connectivity index is 1.20. The van der Waals surface area contributed by atoms with Crippen molar-refractivity contribution in [2.75, 3.05) is 9.80 Å². The van der Waals surface area contributed by atoms with Crippen molar-refractivity contribution in [3.05, 3.63) is 135 Å². The summed E-state index contributed by atoms with van der Waals surface area (Å²) >= 11 is 2.04. The zero-order chi connectivity index (χ0) is 52.9. The molecule has 75 heavy (non-hydrogen) atoms. The molecule has 7 aromatic rings. The van der Waals surface area contributed by atoms with Gasteiger partial charge in [-0.2, -0.15) is 0 Å². The fraction of sp³-hybridized carbons (Fsp3) is 0.493. The summed E-state index contributed by atoms with van der Waals surface area (Å²) in [4.78, 5) is 5.64. The molecule has 4 heteroatoms. The summed E-state index contributed by atoms with van der Waals surface area (Å²) in [5.41, 5.74) is 26.7. The first-order chi connectivity index (χ1) is 35.2. The van der Waals surface area contributed by atoms with Crippen LogP contribution in [-0.2, 0) is 37.9 Å². The van der Waals surface area contributed by atoms with Crippen molar-refractivity contribution >= 4 is 88.7 Å². The lowest BCUT2D eigenvalue weighted by molar-refractivity contribution is 0.332. The van der Waals surface area contributed by atoms with Crippen molar-refractivity contribution in [1.29, 1.82) is 0 Å². The van der Waals surface area contributed by atoms with Crippen molar-refractivity contribution in [3.63, 3.8) is 0 Å². The van der Waals surface area contributed by atoms with Gasteiger partial charge in [0.05, 0.1) is 0 Å². The van der Waals surface area contributed by atoms with Crippen molar-refractivity contribution in [2.24, 2.45) is 0 Å². The van der Waals surface area contributed by atoms with Gasteiger partial charge < -0.3 is 9.80 Å². The Labute approximate surface area is 456 Å². The molecule has 0 unspecified atom stereocenters. The van der Waals surface area contributed by atoms with Crippen LogP contribution < -0.4 is 26.2 Å². The molecule has 388 valence electrons. The summed E-state index contributed by atoms with van der Waals surface area (Å²) in [7, 11) is 0. The number of fused-ring (bicyclic) bond motifs is 11. The molecule has 6 aliphatic rings. The van der Waals surface area contributed by atoms with Crippen LogP contribution >= 0.6 is 11.3 Å². The number of benzene rings is 6. The average molecular weight is 1010 g/mol. The normalized spacial score (nSPS) is 21.5. The topological polar surface area (TPSA) is 6.48 Å². The molecule has 0 spiro atoms. The van der Waals surface area contributed by atoms with Crippen molar-refractivity contribution < 1.29 is 0 Å². The second kappa shape index (κ2) is 16.1. The molecule has 1 saturated carbocycles. The zero-order valence-electron chi connectivity index (χ0n) is 48.8.